The Balaban J connectivity index is 1.60. The molecule has 0 saturated carbocycles. The monoisotopic (exact) mass is 372 g/mol. The van der Waals surface area contributed by atoms with Crippen LogP contribution < -0.4 is 4.74 Å². The average Bonchev–Trinajstić information content (AvgIpc) is 3.17. The third-order valence-electron chi connectivity index (χ3n) is 4.81. The van der Waals surface area contributed by atoms with Crippen LogP contribution in [0.15, 0.2) is 36.5 Å². The lowest BCUT2D eigenvalue weighted by atomic mass is 10.2. The number of carboxylic acids is 1. The lowest BCUT2D eigenvalue weighted by Gasteiger charge is -2.34. The molecule has 0 radical (unpaired) electrons. The second-order valence-corrected chi connectivity index (χ2v) is 6.60. The van der Waals surface area contributed by atoms with Crippen LogP contribution in [0.2, 0.25) is 0 Å². The fourth-order valence-electron chi connectivity index (χ4n) is 3.20. The van der Waals surface area contributed by atoms with Crippen molar-refractivity contribution in [2.45, 2.75) is 19.5 Å². The van der Waals surface area contributed by atoms with Crippen molar-refractivity contribution in [2.75, 3.05) is 33.3 Å². The van der Waals surface area contributed by atoms with Gasteiger partial charge in [0.05, 0.1) is 7.11 Å². The summed E-state index contributed by atoms with van der Waals surface area (Å²) >= 11 is 0. The summed E-state index contributed by atoms with van der Waals surface area (Å²) in [6, 6.07) is 8.66. The van der Waals surface area contributed by atoms with Gasteiger partial charge in [-0.15, -0.1) is 0 Å². The Morgan fingerprint density at radius 1 is 1.22 bits per heavy atom. The summed E-state index contributed by atoms with van der Waals surface area (Å²) in [4.78, 5) is 28.0. The van der Waals surface area contributed by atoms with Crippen LogP contribution >= 0.6 is 0 Å². The molecule has 8 nitrogen and oxygen atoms in total. The maximum absolute atomic E-state index is 12.8. The number of carboxylic acid groups (broad SMARTS) is 1. The summed E-state index contributed by atoms with van der Waals surface area (Å²) in [5.41, 5.74) is 1.48. The number of hydrogen-bond acceptors (Lipinski definition) is 5. The second-order valence-electron chi connectivity index (χ2n) is 6.60. The molecule has 8 heteroatoms. The smallest absolute Gasteiger partial charge is 0.328 e. The first-order valence-electron chi connectivity index (χ1n) is 8.90. The summed E-state index contributed by atoms with van der Waals surface area (Å²) in [6.45, 7) is 5.01. The van der Waals surface area contributed by atoms with Crippen LogP contribution in [0.5, 0.6) is 5.75 Å². The zero-order valence-corrected chi connectivity index (χ0v) is 15.5. The Bertz CT molecular complexity index is 812. The van der Waals surface area contributed by atoms with Gasteiger partial charge in [0.1, 0.15) is 17.5 Å². The summed E-state index contributed by atoms with van der Waals surface area (Å²) in [7, 11) is 1.65. The Hall–Kier alpha value is -2.87. The number of rotatable bonds is 6. The van der Waals surface area contributed by atoms with Gasteiger partial charge in [-0.2, -0.15) is 5.10 Å². The zero-order valence-electron chi connectivity index (χ0n) is 15.5. The minimum Gasteiger partial charge on any atom is -0.497 e. The summed E-state index contributed by atoms with van der Waals surface area (Å²) in [6.07, 6.45) is 1.46. The number of nitrogens with zero attached hydrogens (tertiary/aromatic N) is 4. The number of carbonyl (C=O) groups excluding carboxylic acids is 1. The van der Waals surface area contributed by atoms with Gasteiger partial charge in [-0.1, -0.05) is 12.1 Å². The average molecular weight is 372 g/mol. The minimum absolute atomic E-state index is 0.179. The molecule has 27 heavy (non-hydrogen) atoms. The number of carbonyl (C=O) groups is 2. The van der Waals surface area contributed by atoms with Gasteiger partial charge in [0.25, 0.3) is 5.91 Å². The predicted molar refractivity (Wildman–Crippen MR) is 98.7 cm³/mol. The summed E-state index contributed by atoms with van der Waals surface area (Å²) in [5.74, 6) is -0.361. The Morgan fingerprint density at radius 3 is 2.63 bits per heavy atom. The van der Waals surface area contributed by atoms with E-state index in [1.165, 1.54) is 23.4 Å². The van der Waals surface area contributed by atoms with Crippen molar-refractivity contribution >= 4 is 11.9 Å². The van der Waals surface area contributed by atoms with Crippen molar-refractivity contribution in [2.24, 2.45) is 0 Å². The fraction of sp³-hybridized carbons (Fsp3) is 0.421. The standard InChI is InChI=1S/C19H24N4O4/c1-14(19(25)26)23-17(6-7-20-23)18(24)22-10-8-21(9-11-22)13-15-4-3-5-16(12-15)27-2/h3-7,12,14H,8-11,13H2,1-2H3,(H,25,26). The largest absolute Gasteiger partial charge is 0.497 e. The number of methoxy groups -OCH3 is 1. The molecule has 1 N–H and O–H groups in total. The maximum Gasteiger partial charge on any atom is 0.328 e. The van der Waals surface area contributed by atoms with E-state index in [-0.39, 0.29) is 5.91 Å². The molecule has 0 aliphatic carbocycles. The molecule has 1 aromatic heterocycles. The number of piperazine rings is 1. The molecule has 144 valence electrons. The summed E-state index contributed by atoms with van der Waals surface area (Å²) < 4.78 is 6.53. The van der Waals surface area contributed by atoms with Crippen molar-refractivity contribution in [3.63, 3.8) is 0 Å². The highest BCUT2D eigenvalue weighted by molar-refractivity contribution is 5.93. The SMILES string of the molecule is COc1cccc(CN2CCN(C(=O)c3ccnn3C(C)C(=O)O)CC2)c1. The van der Waals surface area contributed by atoms with Crippen molar-refractivity contribution in [3.05, 3.63) is 47.8 Å². The molecule has 0 bridgehead atoms. The molecule has 2 heterocycles. The summed E-state index contributed by atoms with van der Waals surface area (Å²) in [5, 5.41) is 13.2. The van der Waals surface area contributed by atoms with E-state index in [4.69, 9.17) is 4.74 Å². The van der Waals surface area contributed by atoms with Crippen LogP contribution in [-0.2, 0) is 11.3 Å². The molecule has 2 aromatic rings. The number of benzene rings is 1. The van der Waals surface area contributed by atoms with Gasteiger partial charge >= 0.3 is 5.97 Å². The fourth-order valence-corrected chi connectivity index (χ4v) is 3.20. The van der Waals surface area contributed by atoms with Gasteiger partial charge in [-0.05, 0) is 30.7 Å². The highest BCUT2D eigenvalue weighted by Crippen LogP contribution is 2.17. The van der Waals surface area contributed by atoms with Crippen molar-refractivity contribution < 1.29 is 19.4 Å². The number of amides is 1. The normalized spacial score (nSPS) is 16.1. The van der Waals surface area contributed by atoms with E-state index in [1.54, 1.807) is 18.1 Å². The highest BCUT2D eigenvalue weighted by atomic mass is 16.5. The first kappa shape index (κ1) is 18.9. The van der Waals surface area contributed by atoms with Crippen LogP contribution in [0.4, 0.5) is 0 Å². The molecule has 3 rings (SSSR count). The Morgan fingerprint density at radius 2 is 1.96 bits per heavy atom. The van der Waals surface area contributed by atoms with Crippen LogP contribution in [0.3, 0.4) is 0 Å². The quantitative estimate of drug-likeness (QED) is 0.827. The zero-order chi connectivity index (χ0) is 19.4. The minimum atomic E-state index is -1.02. The van der Waals surface area contributed by atoms with E-state index in [2.05, 4.69) is 16.1 Å². The van der Waals surface area contributed by atoms with Crippen LogP contribution in [-0.4, -0.2) is 69.9 Å². The van der Waals surface area contributed by atoms with E-state index in [0.717, 1.165) is 25.4 Å². The van der Waals surface area contributed by atoms with Gasteiger partial charge in [0, 0.05) is 38.9 Å². The molecule has 0 spiro atoms. The van der Waals surface area contributed by atoms with E-state index >= 15 is 0 Å². The Labute approximate surface area is 157 Å². The number of aromatic nitrogens is 2. The topological polar surface area (TPSA) is 87.9 Å². The van der Waals surface area contributed by atoms with E-state index in [0.29, 0.717) is 18.8 Å². The second kappa shape index (κ2) is 8.22. The van der Waals surface area contributed by atoms with E-state index < -0.39 is 12.0 Å². The van der Waals surface area contributed by atoms with Gasteiger partial charge in [0.15, 0.2) is 0 Å². The molecule has 1 saturated heterocycles. The molecular formula is C19H24N4O4. The van der Waals surface area contributed by atoms with Gasteiger partial charge in [-0.3, -0.25) is 9.69 Å². The van der Waals surface area contributed by atoms with Crippen molar-refractivity contribution in [1.29, 1.82) is 0 Å². The molecule has 1 aliphatic rings. The molecule has 1 fully saturated rings. The third kappa shape index (κ3) is 4.28. The van der Waals surface area contributed by atoms with Crippen molar-refractivity contribution in [1.82, 2.24) is 19.6 Å². The number of hydrogen-bond donors (Lipinski definition) is 1. The van der Waals surface area contributed by atoms with Gasteiger partial charge < -0.3 is 14.7 Å². The van der Waals surface area contributed by atoms with E-state index in [1.807, 2.05) is 18.2 Å². The highest BCUT2D eigenvalue weighted by Gasteiger charge is 2.27. The first-order chi connectivity index (χ1) is 13.0. The number of ether oxygens (including phenoxy) is 1. The molecule has 1 unspecified atom stereocenters. The molecular weight excluding hydrogens is 348 g/mol. The lowest BCUT2D eigenvalue weighted by Crippen LogP contribution is -2.48. The molecule has 1 aromatic carbocycles. The molecule has 1 amide bonds. The maximum atomic E-state index is 12.8. The van der Waals surface area contributed by atoms with Gasteiger partial charge in [0.2, 0.25) is 0 Å². The lowest BCUT2D eigenvalue weighted by molar-refractivity contribution is -0.140. The first-order valence-corrected chi connectivity index (χ1v) is 8.90. The van der Waals surface area contributed by atoms with Crippen LogP contribution in [0.1, 0.15) is 29.0 Å². The predicted octanol–water partition coefficient (Wildman–Crippen LogP) is 1.50. The van der Waals surface area contributed by atoms with E-state index in [9.17, 15) is 14.7 Å². The Kier molecular flexibility index (Phi) is 5.75. The molecule has 1 atom stereocenters. The van der Waals surface area contributed by atoms with Gasteiger partial charge in [-0.25, -0.2) is 9.48 Å². The van der Waals surface area contributed by atoms with Crippen molar-refractivity contribution in [3.8, 4) is 5.75 Å². The third-order valence-corrected chi connectivity index (χ3v) is 4.81. The van der Waals surface area contributed by atoms with Crippen LogP contribution in [0, 0.1) is 0 Å². The number of aliphatic carboxylic acids is 1. The van der Waals surface area contributed by atoms with Crippen LogP contribution in [0.25, 0.3) is 0 Å². The molecule has 1 aliphatic heterocycles.